The summed E-state index contributed by atoms with van der Waals surface area (Å²) in [5, 5.41) is 3.45. The second-order valence-corrected chi connectivity index (χ2v) is 10.2. The summed E-state index contributed by atoms with van der Waals surface area (Å²) in [7, 11) is -3.84. The molecule has 0 saturated carbocycles. The lowest BCUT2D eigenvalue weighted by atomic mass is 10.1. The van der Waals surface area contributed by atoms with Crippen LogP contribution in [0.1, 0.15) is 11.2 Å². The van der Waals surface area contributed by atoms with E-state index in [1.807, 2.05) is 6.07 Å². The van der Waals surface area contributed by atoms with Crippen LogP contribution in [0.15, 0.2) is 60.6 Å². The predicted octanol–water partition coefficient (Wildman–Crippen LogP) is 6.33. The van der Waals surface area contributed by atoms with Crippen molar-refractivity contribution in [1.29, 1.82) is 0 Å². The number of thiophene rings is 1. The smallest absolute Gasteiger partial charge is 0.248 e. The van der Waals surface area contributed by atoms with E-state index in [-0.39, 0.29) is 0 Å². The minimum absolute atomic E-state index is 0.483. The Morgan fingerprint density at radius 1 is 1.22 bits per heavy atom. The lowest BCUT2D eigenvalue weighted by Gasteiger charge is -2.26. The monoisotopic (exact) mass is 439 g/mol. The molecule has 3 rings (SSSR count). The number of carbonyl (C=O) groups is 1. The van der Waals surface area contributed by atoms with Gasteiger partial charge in [-0.2, -0.15) is 0 Å². The van der Waals surface area contributed by atoms with Crippen molar-refractivity contribution in [3.05, 3.63) is 76.2 Å². The second-order valence-electron chi connectivity index (χ2n) is 6.04. The van der Waals surface area contributed by atoms with Gasteiger partial charge in [0.1, 0.15) is 5.66 Å². The number of hydrogen-bond acceptors (Lipinski definition) is 3. The lowest BCUT2D eigenvalue weighted by Crippen LogP contribution is -2.30. The molecule has 27 heavy (non-hydrogen) atoms. The van der Waals surface area contributed by atoms with Gasteiger partial charge < -0.3 is 4.89 Å². The SMILES string of the molecule is C=CN(C(=O)C(c1csc2ccc(Cl)cc12)P(C)(=O)O)c1ccc(Cl)cc1. The average Bonchev–Trinajstić information content (AvgIpc) is 2.99. The van der Waals surface area contributed by atoms with E-state index >= 15 is 0 Å². The first-order chi connectivity index (χ1) is 12.7. The zero-order valence-corrected chi connectivity index (χ0v) is 17.5. The fourth-order valence-corrected chi connectivity index (χ4v) is 5.52. The first kappa shape index (κ1) is 20.1. The highest BCUT2D eigenvalue weighted by Crippen LogP contribution is 2.55. The molecule has 2 unspecified atom stereocenters. The van der Waals surface area contributed by atoms with Crippen LogP contribution in [0.2, 0.25) is 10.0 Å². The summed E-state index contributed by atoms with van der Waals surface area (Å²) in [6, 6.07) is 11.9. The highest BCUT2D eigenvalue weighted by molar-refractivity contribution is 7.58. The summed E-state index contributed by atoms with van der Waals surface area (Å²) in [5.74, 6) is -0.541. The normalized spacial score (nSPS) is 14.5. The molecule has 1 heterocycles. The molecule has 140 valence electrons. The molecule has 1 N–H and O–H groups in total. The molecule has 1 aromatic heterocycles. The quantitative estimate of drug-likeness (QED) is 0.472. The molecular weight excluding hydrogens is 424 g/mol. The van der Waals surface area contributed by atoms with E-state index in [4.69, 9.17) is 23.2 Å². The second kappa shape index (κ2) is 7.78. The Bertz CT molecular complexity index is 1060. The Morgan fingerprint density at radius 2 is 1.85 bits per heavy atom. The van der Waals surface area contributed by atoms with E-state index in [1.165, 1.54) is 29.1 Å². The highest BCUT2D eigenvalue weighted by atomic mass is 35.5. The zero-order valence-electron chi connectivity index (χ0n) is 14.3. The van der Waals surface area contributed by atoms with E-state index < -0.39 is 18.9 Å². The van der Waals surface area contributed by atoms with Gasteiger partial charge in [0, 0.05) is 33.3 Å². The minimum atomic E-state index is -3.84. The van der Waals surface area contributed by atoms with Crippen LogP contribution in [0.5, 0.6) is 0 Å². The van der Waals surface area contributed by atoms with Crippen molar-refractivity contribution in [2.24, 2.45) is 0 Å². The van der Waals surface area contributed by atoms with Gasteiger partial charge in [-0.05, 0) is 58.8 Å². The van der Waals surface area contributed by atoms with E-state index in [0.29, 0.717) is 26.7 Å². The van der Waals surface area contributed by atoms with Crippen molar-refractivity contribution in [2.75, 3.05) is 11.6 Å². The van der Waals surface area contributed by atoms with Crippen molar-refractivity contribution >= 4 is 63.6 Å². The topological polar surface area (TPSA) is 57.6 Å². The number of nitrogens with zero attached hydrogens (tertiary/aromatic N) is 1. The Hall–Kier alpha value is -1.62. The highest BCUT2D eigenvalue weighted by Gasteiger charge is 2.38. The van der Waals surface area contributed by atoms with Crippen LogP contribution >= 0.6 is 41.9 Å². The summed E-state index contributed by atoms with van der Waals surface area (Å²) < 4.78 is 13.6. The van der Waals surface area contributed by atoms with Gasteiger partial charge in [-0.3, -0.25) is 14.3 Å². The number of anilines is 1. The molecule has 0 fully saturated rings. The Balaban J connectivity index is 2.13. The molecule has 4 nitrogen and oxygen atoms in total. The summed E-state index contributed by atoms with van der Waals surface area (Å²) in [6.07, 6.45) is 1.33. The van der Waals surface area contributed by atoms with Gasteiger partial charge in [0.15, 0.2) is 0 Å². The van der Waals surface area contributed by atoms with Crippen molar-refractivity contribution in [2.45, 2.75) is 5.66 Å². The van der Waals surface area contributed by atoms with Crippen molar-refractivity contribution in [1.82, 2.24) is 0 Å². The summed E-state index contributed by atoms with van der Waals surface area (Å²) >= 11 is 13.4. The summed E-state index contributed by atoms with van der Waals surface area (Å²) in [4.78, 5) is 25.0. The fourth-order valence-electron chi connectivity index (χ4n) is 2.88. The maximum atomic E-state index is 13.3. The van der Waals surface area contributed by atoms with E-state index in [1.54, 1.807) is 41.8 Å². The van der Waals surface area contributed by atoms with Crippen molar-refractivity contribution in [3.8, 4) is 0 Å². The number of carbonyl (C=O) groups excluding carboxylic acids is 1. The van der Waals surface area contributed by atoms with Crippen LogP contribution in [0.3, 0.4) is 0 Å². The van der Waals surface area contributed by atoms with Crippen LogP contribution in [0.25, 0.3) is 10.1 Å². The van der Waals surface area contributed by atoms with Gasteiger partial charge in [0.25, 0.3) is 0 Å². The molecule has 0 aliphatic heterocycles. The van der Waals surface area contributed by atoms with Crippen molar-refractivity contribution < 1.29 is 14.3 Å². The van der Waals surface area contributed by atoms with Gasteiger partial charge in [-0.25, -0.2) is 0 Å². The summed E-state index contributed by atoms with van der Waals surface area (Å²) in [5.41, 5.74) is -0.245. The Labute approximate surface area is 171 Å². The molecule has 2 aromatic carbocycles. The third kappa shape index (κ3) is 4.13. The average molecular weight is 440 g/mol. The van der Waals surface area contributed by atoms with E-state index in [9.17, 15) is 14.3 Å². The fraction of sp³-hybridized carbons (Fsp3) is 0.105. The Kier molecular flexibility index (Phi) is 5.80. The maximum absolute atomic E-state index is 13.3. The van der Waals surface area contributed by atoms with Crippen LogP contribution < -0.4 is 4.90 Å². The predicted molar refractivity (Wildman–Crippen MR) is 114 cm³/mol. The number of halogens is 2. The van der Waals surface area contributed by atoms with Gasteiger partial charge in [-0.1, -0.05) is 29.8 Å². The number of rotatable bonds is 5. The summed E-state index contributed by atoms with van der Waals surface area (Å²) in [6.45, 7) is 4.87. The van der Waals surface area contributed by atoms with E-state index in [0.717, 1.165) is 4.70 Å². The van der Waals surface area contributed by atoms with E-state index in [2.05, 4.69) is 6.58 Å². The van der Waals surface area contributed by atoms with Crippen LogP contribution in [-0.2, 0) is 9.36 Å². The number of amides is 1. The van der Waals surface area contributed by atoms with Gasteiger partial charge in [0.2, 0.25) is 13.3 Å². The van der Waals surface area contributed by atoms with Crippen LogP contribution in [0.4, 0.5) is 5.69 Å². The lowest BCUT2D eigenvalue weighted by molar-refractivity contribution is -0.117. The molecule has 0 spiro atoms. The largest absolute Gasteiger partial charge is 0.344 e. The van der Waals surface area contributed by atoms with Crippen LogP contribution in [-0.4, -0.2) is 17.5 Å². The number of benzene rings is 2. The maximum Gasteiger partial charge on any atom is 0.248 e. The van der Waals surface area contributed by atoms with Gasteiger partial charge in [-0.15, -0.1) is 11.3 Å². The third-order valence-electron chi connectivity index (χ3n) is 4.10. The first-order valence-electron chi connectivity index (χ1n) is 7.90. The molecule has 0 aliphatic rings. The molecule has 0 bridgehead atoms. The Morgan fingerprint density at radius 3 is 2.44 bits per heavy atom. The van der Waals surface area contributed by atoms with Gasteiger partial charge >= 0.3 is 0 Å². The molecular formula is C19H16Cl2NO3PS. The number of fused-ring (bicyclic) bond motifs is 1. The van der Waals surface area contributed by atoms with Crippen molar-refractivity contribution in [3.63, 3.8) is 0 Å². The molecule has 3 aromatic rings. The first-order valence-corrected chi connectivity index (χ1v) is 11.7. The number of hydrogen-bond donors (Lipinski definition) is 1. The molecule has 8 heteroatoms. The zero-order chi connectivity index (χ0) is 19.8. The van der Waals surface area contributed by atoms with Gasteiger partial charge in [0.05, 0.1) is 0 Å². The molecule has 0 aliphatic carbocycles. The molecule has 2 atom stereocenters. The molecule has 1 amide bonds. The minimum Gasteiger partial charge on any atom is -0.344 e. The standard InChI is InChI=1S/C19H16Cl2NO3PS/c1-3-22(14-7-4-12(20)5-8-14)19(23)18(26(2,24)25)16-11-27-17-9-6-13(21)10-15(16)17/h3-11,18H,1H2,2H3,(H,24,25). The van der Waals surface area contributed by atoms with Crippen LogP contribution in [0, 0.1) is 0 Å². The molecule has 0 radical (unpaired) electrons. The molecule has 0 saturated heterocycles. The third-order valence-corrected chi connectivity index (χ3v) is 7.02.